The van der Waals surface area contributed by atoms with Crippen molar-refractivity contribution in [1.29, 1.82) is 0 Å². The molecule has 0 N–H and O–H groups in total. The van der Waals surface area contributed by atoms with Gasteiger partial charge in [0.15, 0.2) is 0 Å². The summed E-state index contributed by atoms with van der Waals surface area (Å²) in [4.78, 5) is 23.8. The van der Waals surface area contributed by atoms with Crippen molar-refractivity contribution < 1.29 is 9.53 Å². The molecule has 0 bridgehead atoms. The van der Waals surface area contributed by atoms with E-state index in [1.54, 1.807) is 31.0 Å². The van der Waals surface area contributed by atoms with Gasteiger partial charge in [-0.2, -0.15) is 10.2 Å². The number of carbonyl (C=O) groups excluding carboxylic acids is 1. The molecular formula is C13H16N4O3. The number of rotatable bonds is 4. The van der Waals surface area contributed by atoms with Crippen LogP contribution in [0, 0.1) is 11.8 Å². The van der Waals surface area contributed by atoms with Crippen molar-refractivity contribution in [2.45, 2.75) is 19.9 Å². The number of nitrogens with zero attached hydrogens (tertiary/aromatic N) is 4. The fourth-order valence-corrected chi connectivity index (χ4v) is 2.42. The largest absolute Gasteiger partial charge is 0.466 e. The minimum absolute atomic E-state index is 0.0896. The second-order valence-electron chi connectivity index (χ2n) is 5.05. The van der Waals surface area contributed by atoms with Crippen molar-refractivity contribution >= 4 is 16.9 Å². The van der Waals surface area contributed by atoms with Crippen LogP contribution in [-0.4, -0.2) is 32.1 Å². The lowest BCUT2D eigenvalue weighted by atomic mass is 10.3. The third kappa shape index (κ3) is 2.09. The summed E-state index contributed by atoms with van der Waals surface area (Å²) in [7, 11) is 1.77. The lowest BCUT2D eigenvalue weighted by Gasteiger charge is -2.04. The Bertz CT molecular complexity index is 718. The quantitative estimate of drug-likeness (QED) is 0.752. The summed E-state index contributed by atoms with van der Waals surface area (Å²) < 4.78 is 8.01. The van der Waals surface area contributed by atoms with E-state index in [0.29, 0.717) is 24.1 Å². The Morgan fingerprint density at radius 3 is 3.00 bits per heavy atom. The van der Waals surface area contributed by atoms with Crippen LogP contribution in [0.3, 0.4) is 0 Å². The molecule has 0 spiro atoms. The molecule has 7 nitrogen and oxygen atoms in total. The predicted molar refractivity (Wildman–Crippen MR) is 71.0 cm³/mol. The molecule has 1 saturated carbocycles. The van der Waals surface area contributed by atoms with E-state index < -0.39 is 0 Å². The number of hydrogen-bond donors (Lipinski definition) is 0. The highest BCUT2D eigenvalue weighted by Gasteiger charge is 2.44. The van der Waals surface area contributed by atoms with Gasteiger partial charge in [0.05, 0.1) is 35.8 Å². The molecule has 0 radical (unpaired) electrons. The van der Waals surface area contributed by atoms with Gasteiger partial charge in [-0.3, -0.25) is 14.3 Å². The zero-order valence-electron chi connectivity index (χ0n) is 11.4. The second kappa shape index (κ2) is 4.73. The molecule has 0 amide bonds. The molecule has 0 aliphatic heterocycles. The maximum Gasteiger partial charge on any atom is 0.309 e. The van der Waals surface area contributed by atoms with Gasteiger partial charge in [-0.05, 0) is 19.3 Å². The highest BCUT2D eigenvalue weighted by molar-refractivity contribution is 5.76. The van der Waals surface area contributed by atoms with Gasteiger partial charge in [0, 0.05) is 13.6 Å². The molecule has 0 aromatic carbocycles. The Morgan fingerprint density at radius 2 is 2.25 bits per heavy atom. The number of hydrogen-bond acceptors (Lipinski definition) is 5. The summed E-state index contributed by atoms with van der Waals surface area (Å²) in [6.07, 6.45) is 3.94. The molecule has 0 saturated heterocycles. The first kappa shape index (κ1) is 12.8. The zero-order valence-corrected chi connectivity index (χ0v) is 11.4. The Hall–Kier alpha value is -2.18. The van der Waals surface area contributed by atoms with Crippen molar-refractivity contribution in [2.24, 2.45) is 18.9 Å². The summed E-state index contributed by atoms with van der Waals surface area (Å²) in [6, 6.07) is 0. The van der Waals surface area contributed by atoms with E-state index >= 15 is 0 Å². The number of fused-ring (bicyclic) bond motifs is 1. The van der Waals surface area contributed by atoms with E-state index in [1.807, 2.05) is 0 Å². The molecular weight excluding hydrogens is 260 g/mol. The molecule has 2 aromatic heterocycles. The molecule has 2 heterocycles. The normalized spacial score (nSPS) is 21.1. The molecule has 20 heavy (non-hydrogen) atoms. The fraction of sp³-hybridized carbons (Fsp3) is 0.538. The maximum absolute atomic E-state index is 12.2. The molecule has 2 aromatic rings. The van der Waals surface area contributed by atoms with Crippen LogP contribution in [0.1, 0.15) is 13.3 Å². The van der Waals surface area contributed by atoms with Gasteiger partial charge in [0.25, 0.3) is 5.56 Å². The Labute approximate surface area is 115 Å². The Balaban J connectivity index is 1.78. The van der Waals surface area contributed by atoms with Crippen LogP contribution < -0.4 is 5.56 Å². The number of esters is 1. The third-order valence-corrected chi connectivity index (χ3v) is 3.69. The van der Waals surface area contributed by atoms with E-state index in [-0.39, 0.29) is 23.4 Å². The van der Waals surface area contributed by atoms with Gasteiger partial charge in [0.1, 0.15) is 0 Å². The Kier molecular flexibility index (Phi) is 3.04. The number of aryl methyl sites for hydroxylation is 1. The fourth-order valence-electron chi connectivity index (χ4n) is 2.42. The van der Waals surface area contributed by atoms with Crippen molar-refractivity contribution in [2.75, 3.05) is 6.61 Å². The minimum Gasteiger partial charge on any atom is -0.466 e. The minimum atomic E-state index is -0.173. The van der Waals surface area contributed by atoms with Gasteiger partial charge in [0.2, 0.25) is 0 Å². The van der Waals surface area contributed by atoms with Crippen molar-refractivity contribution in [3.8, 4) is 0 Å². The van der Waals surface area contributed by atoms with Gasteiger partial charge in [-0.15, -0.1) is 0 Å². The van der Waals surface area contributed by atoms with Gasteiger partial charge < -0.3 is 4.74 Å². The predicted octanol–water partition coefficient (Wildman–Crippen LogP) is 0.329. The first-order valence-electron chi connectivity index (χ1n) is 6.66. The van der Waals surface area contributed by atoms with E-state index in [0.717, 1.165) is 6.42 Å². The standard InChI is InChI=1S/C13H16N4O3/c1-3-20-13(19)9-4-8(9)7-17-12(18)10-5-14-16(2)11(10)6-15-17/h5-6,8-9H,3-4,7H2,1-2H3/t8-,9+/m0/s1. The van der Waals surface area contributed by atoms with Crippen LogP contribution in [0.15, 0.2) is 17.2 Å². The zero-order chi connectivity index (χ0) is 14.3. The van der Waals surface area contributed by atoms with E-state index in [4.69, 9.17) is 4.74 Å². The SMILES string of the molecule is CCOC(=O)[C@@H]1C[C@H]1Cn1ncc2c(cnn2C)c1=O. The topological polar surface area (TPSA) is 79.0 Å². The number of aromatic nitrogens is 4. The summed E-state index contributed by atoms with van der Waals surface area (Å²) in [5, 5.41) is 8.75. The highest BCUT2D eigenvalue weighted by atomic mass is 16.5. The van der Waals surface area contributed by atoms with Crippen LogP contribution in [-0.2, 0) is 23.1 Å². The molecule has 1 fully saturated rings. The molecule has 0 unspecified atom stereocenters. The smallest absolute Gasteiger partial charge is 0.309 e. The van der Waals surface area contributed by atoms with Crippen molar-refractivity contribution in [1.82, 2.24) is 19.6 Å². The first-order chi connectivity index (χ1) is 9.61. The van der Waals surface area contributed by atoms with E-state index in [1.165, 1.54) is 4.68 Å². The van der Waals surface area contributed by atoms with Crippen LogP contribution in [0.4, 0.5) is 0 Å². The molecule has 2 atom stereocenters. The van der Waals surface area contributed by atoms with Crippen LogP contribution >= 0.6 is 0 Å². The van der Waals surface area contributed by atoms with Crippen LogP contribution in [0.25, 0.3) is 10.9 Å². The molecule has 1 aliphatic carbocycles. The summed E-state index contributed by atoms with van der Waals surface area (Å²) in [5.41, 5.74) is 0.550. The monoisotopic (exact) mass is 276 g/mol. The average molecular weight is 276 g/mol. The molecule has 1 aliphatic rings. The second-order valence-corrected chi connectivity index (χ2v) is 5.05. The van der Waals surface area contributed by atoms with Gasteiger partial charge in [-0.1, -0.05) is 0 Å². The van der Waals surface area contributed by atoms with Crippen molar-refractivity contribution in [3.63, 3.8) is 0 Å². The summed E-state index contributed by atoms with van der Waals surface area (Å²) in [6.45, 7) is 2.63. The van der Waals surface area contributed by atoms with Crippen molar-refractivity contribution in [3.05, 3.63) is 22.7 Å². The highest BCUT2D eigenvalue weighted by Crippen LogP contribution is 2.40. The summed E-state index contributed by atoms with van der Waals surface area (Å²) >= 11 is 0. The van der Waals surface area contributed by atoms with E-state index in [9.17, 15) is 9.59 Å². The van der Waals surface area contributed by atoms with Gasteiger partial charge >= 0.3 is 5.97 Å². The maximum atomic E-state index is 12.2. The lowest BCUT2D eigenvalue weighted by Crippen LogP contribution is -2.24. The van der Waals surface area contributed by atoms with E-state index in [2.05, 4.69) is 10.2 Å². The van der Waals surface area contributed by atoms with Crippen LogP contribution in [0.5, 0.6) is 0 Å². The summed E-state index contributed by atoms with van der Waals surface area (Å²) in [5.74, 6) is -0.116. The third-order valence-electron chi connectivity index (χ3n) is 3.69. The molecule has 7 heteroatoms. The first-order valence-corrected chi connectivity index (χ1v) is 6.66. The van der Waals surface area contributed by atoms with Gasteiger partial charge in [-0.25, -0.2) is 4.68 Å². The number of carbonyl (C=O) groups is 1. The average Bonchev–Trinajstić information content (AvgIpc) is 3.09. The molecule has 3 rings (SSSR count). The van der Waals surface area contributed by atoms with Crippen LogP contribution in [0.2, 0.25) is 0 Å². The lowest BCUT2D eigenvalue weighted by molar-refractivity contribution is -0.145. The Morgan fingerprint density at radius 1 is 1.45 bits per heavy atom. The number of ether oxygens (including phenoxy) is 1. The molecule has 106 valence electrons.